The maximum atomic E-state index is 13.4. The molecule has 0 bridgehead atoms. The van der Waals surface area contributed by atoms with Gasteiger partial charge in [-0.15, -0.1) is 0 Å². The highest BCUT2D eigenvalue weighted by atomic mass is 16.5. The Hall–Kier alpha value is -3.18. The van der Waals surface area contributed by atoms with Crippen molar-refractivity contribution in [3.05, 3.63) is 86.3 Å². The van der Waals surface area contributed by atoms with Gasteiger partial charge < -0.3 is 9.72 Å². The molecule has 37 heavy (non-hydrogen) atoms. The van der Waals surface area contributed by atoms with E-state index in [9.17, 15) is 9.59 Å². The number of ether oxygens (including phenoxy) is 1. The van der Waals surface area contributed by atoms with Crippen molar-refractivity contribution in [2.24, 2.45) is 0 Å². The zero-order chi connectivity index (χ0) is 26.2. The molecule has 1 saturated heterocycles. The number of hydrogen-bond donors (Lipinski definition) is 1. The highest BCUT2D eigenvalue weighted by Gasteiger charge is 2.33. The number of fused-ring (bicyclic) bond motifs is 1. The average Bonchev–Trinajstić information content (AvgIpc) is 3.17. The zero-order valence-electron chi connectivity index (χ0n) is 22.6. The van der Waals surface area contributed by atoms with E-state index in [-0.39, 0.29) is 16.9 Å². The first-order chi connectivity index (χ1) is 17.7. The van der Waals surface area contributed by atoms with Crippen LogP contribution >= 0.6 is 0 Å². The molecule has 5 nitrogen and oxygen atoms in total. The van der Waals surface area contributed by atoms with Crippen LogP contribution in [0.5, 0.6) is 5.75 Å². The van der Waals surface area contributed by atoms with Crippen LogP contribution in [0.4, 0.5) is 0 Å². The Morgan fingerprint density at radius 2 is 1.76 bits per heavy atom. The molecule has 3 aromatic rings. The molecule has 5 rings (SSSR count). The fraction of sp³-hybridized carbons (Fsp3) is 0.438. The van der Waals surface area contributed by atoms with Gasteiger partial charge in [-0.1, -0.05) is 30.7 Å². The molecule has 1 N–H and O–H groups in total. The van der Waals surface area contributed by atoms with Crippen molar-refractivity contribution in [2.45, 2.75) is 78.4 Å². The van der Waals surface area contributed by atoms with Crippen LogP contribution in [0.2, 0.25) is 0 Å². The Labute approximate surface area is 219 Å². The molecule has 1 aromatic heterocycles. The third-order valence-corrected chi connectivity index (χ3v) is 7.70. The number of carbonyl (C=O) groups is 1. The SMILES string of the molecule is Cc1cc(C)c(CCC(=O)c2cc3c(c(-c4ccc(CN5CCCCC5)cc4)c2)OC(C)(C)C3)c(=O)[nH]1. The molecule has 0 aliphatic carbocycles. The first kappa shape index (κ1) is 25.5. The summed E-state index contributed by atoms with van der Waals surface area (Å²) < 4.78 is 6.37. The number of aromatic amines is 1. The quantitative estimate of drug-likeness (QED) is 0.396. The summed E-state index contributed by atoms with van der Waals surface area (Å²) in [5.74, 6) is 0.936. The van der Waals surface area contributed by atoms with Crippen molar-refractivity contribution in [3.8, 4) is 16.9 Å². The monoisotopic (exact) mass is 498 g/mol. The number of benzene rings is 2. The lowest BCUT2D eigenvalue weighted by atomic mass is 9.92. The summed E-state index contributed by atoms with van der Waals surface area (Å²) in [5.41, 5.74) is 7.18. The van der Waals surface area contributed by atoms with Crippen molar-refractivity contribution >= 4 is 5.78 Å². The van der Waals surface area contributed by atoms with Gasteiger partial charge in [0.1, 0.15) is 11.4 Å². The number of aromatic nitrogens is 1. The van der Waals surface area contributed by atoms with Gasteiger partial charge in [-0.25, -0.2) is 0 Å². The van der Waals surface area contributed by atoms with E-state index in [1.165, 1.54) is 37.9 Å². The standard InChI is InChI=1S/C32H38N2O3/c1-21-16-22(2)33-31(36)27(21)12-13-29(35)25-17-26-19-32(3,4)37-30(26)28(18-25)24-10-8-23(9-11-24)20-34-14-6-5-7-15-34/h8-11,16-18H,5-7,12-15,19-20H2,1-4H3,(H,33,36). The van der Waals surface area contributed by atoms with Crippen LogP contribution in [0, 0.1) is 13.8 Å². The lowest BCUT2D eigenvalue weighted by Gasteiger charge is -2.26. The van der Waals surface area contributed by atoms with Gasteiger partial charge in [0, 0.05) is 41.8 Å². The van der Waals surface area contributed by atoms with E-state index in [4.69, 9.17) is 4.74 Å². The Bertz CT molecular complexity index is 1360. The second-order valence-corrected chi connectivity index (χ2v) is 11.5. The molecule has 0 saturated carbocycles. The fourth-order valence-corrected chi connectivity index (χ4v) is 5.83. The number of H-pyrrole nitrogens is 1. The second-order valence-electron chi connectivity index (χ2n) is 11.5. The number of carbonyl (C=O) groups excluding carboxylic acids is 1. The number of hydrogen-bond acceptors (Lipinski definition) is 4. The average molecular weight is 499 g/mol. The summed E-state index contributed by atoms with van der Waals surface area (Å²) >= 11 is 0. The van der Waals surface area contributed by atoms with Crippen molar-refractivity contribution in [1.82, 2.24) is 9.88 Å². The minimum Gasteiger partial charge on any atom is -0.487 e. The Kier molecular flexibility index (Phi) is 7.09. The summed E-state index contributed by atoms with van der Waals surface area (Å²) in [6.07, 6.45) is 5.41. The van der Waals surface area contributed by atoms with Gasteiger partial charge >= 0.3 is 0 Å². The van der Waals surface area contributed by atoms with E-state index in [1.807, 2.05) is 32.0 Å². The van der Waals surface area contributed by atoms with Crippen LogP contribution < -0.4 is 10.3 Å². The fourth-order valence-electron chi connectivity index (χ4n) is 5.83. The predicted octanol–water partition coefficient (Wildman–Crippen LogP) is 6.17. The summed E-state index contributed by atoms with van der Waals surface area (Å²) in [6, 6.07) is 14.7. The zero-order valence-corrected chi connectivity index (χ0v) is 22.6. The van der Waals surface area contributed by atoms with Gasteiger partial charge in [0.05, 0.1) is 0 Å². The van der Waals surface area contributed by atoms with Crippen LogP contribution in [-0.2, 0) is 19.4 Å². The minimum atomic E-state index is -0.306. The van der Waals surface area contributed by atoms with Crippen molar-refractivity contribution in [1.29, 1.82) is 0 Å². The van der Waals surface area contributed by atoms with E-state index in [2.05, 4.69) is 48.0 Å². The van der Waals surface area contributed by atoms with Crippen LogP contribution in [-0.4, -0.2) is 34.4 Å². The van der Waals surface area contributed by atoms with Gasteiger partial charge in [0.2, 0.25) is 0 Å². The molecule has 0 atom stereocenters. The summed E-state index contributed by atoms with van der Waals surface area (Å²) in [5, 5.41) is 0. The molecule has 2 aromatic carbocycles. The van der Waals surface area contributed by atoms with Crippen molar-refractivity contribution in [2.75, 3.05) is 13.1 Å². The first-order valence-corrected chi connectivity index (χ1v) is 13.6. The number of Topliss-reactive ketones (excluding diaryl/α,β-unsaturated/α-hetero) is 1. The maximum Gasteiger partial charge on any atom is 0.251 e. The van der Waals surface area contributed by atoms with Crippen molar-refractivity contribution in [3.63, 3.8) is 0 Å². The predicted molar refractivity (Wildman–Crippen MR) is 149 cm³/mol. The van der Waals surface area contributed by atoms with Gasteiger partial charge in [-0.3, -0.25) is 14.5 Å². The van der Waals surface area contributed by atoms with E-state index < -0.39 is 0 Å². The largest absolute Gasteiger partial charge is 0.487 e. The molecule has 0 amide bonds. The van der Waals surface area contributed by atoms with Gasteiger partial charge in [-0.2, -0.15) is 0 Å². The third-order valence-electron chi connectivity index (χ3n) is 7.70. The Morgan fingerprint density at radius 1 is 1.03 bits per heavy atom. The highest BCUT2D eigenvalue weighted by Crippen LogP contribution is 2.43. The van der Waals surface area contributed by atoms with E-state index >= 15 is 0 Å². The topological polar surface area (TPSA) is 62.4 Å². The van der Waals surface area contributed by atoms with E-state index in [0.29, 0.717) is 24.0 Å². The van der Waals surface area contributed by atoms with Gasteiger partial charge in [0.15, 0.2) is 5.78 Å². The first-order valence-electron chi connectivity index (χ1n) is 13.6. The lowest BCUT2D eigenvalue weighted by molar-refractivity contribution is 0.0982. The number of aryl methyl sites for hydroxylation is 2. The molecular weight excluding hydrogens is 460 g/mol. The summed E-state index contributed by atoms with van der Waals surface area (Å²) in [7, 11) is 0. The molecule has 0 spiro atoms. The molecule has 3 heterocycles. The van der Waals surface area contributed by atoms with E-state index in [1.54, 1.807) is 0 Å². The normalized spacial score (nSPS) is 16.9. The lowest BCUT2D eigenvalue weighted by Crippen LogP contribution is -2.29. The molecule has 194 valence electrons. The minimum absolute atomic E-state index is 0.0508. The number of piperidine rings is 1. The molecular formula is C32H38N2O3. The van der Waals surface area contributed by atoms with Crippen LogP contribution in [0.15, 0.2) is 47.3 Å². The van der Waals surface area contributed by atoms with Gasteiger partial charge in [0.25, 0.3) is 5.56 Å². The van der Waals surface area contributed by atoms with Gasteiger partial charge in [-0.05, 0) is 100 Å². The molecule has 2 aliphatic heterocycles. The van der Waals surface area contributed by atoms with E-state index in [0.717, 1.165) is 46.7 Å². The van der Waals surface area contributed by atoms with Crippen LogP contribution in [0.25, 0.3) is 11.1 Å². The number of nitrogens with zero attached hydrogens (tertiary/aromatic N) is 1. The molecule has 2 aliphatic rings. The number of ketones is 1. The number of rotatable bonds is 7. The van der Waals surface area contributed by atoms with Crippen LogP contribution in [0.1, 0.15) is 77.8 Å². The highest BCUT2D eigenvalue weighted by molar-refractivity contribution is 5.98. The molecule has 5 heteroatoms. The number of pyridine rings is 1. The van der Waals surface area contributed by atoms with Crippen LogP contribution in [0.3, 0.4) is 0 Å². The molecule has 1 fully saturated rings. The Morgan fingerprint density at radius 3 is 2.46 bits per heavy atom. The second kappa shape index (κ2) is 10.3. The number of nitrogens with one attached hydrogen (secondary N) is 1. The summed E-state index contributed by atoms with van der Waals surface area (Å²) in [4.78, 5) is 31.2. The Balaban J connectivity index is 1.40. The maximum absolute atomic E-state index is 13.4. The molecule has 0 unspecified atom stereocenters. The molecule has 0 radical (unpaired) electrons. The smallest absolute Gasteiger partial charge is 0.251 e. The third kappa shape index (κ3) is 5.72. The number of likely N-dealkylation sites (tertiary alicyclic amines) is 1. The van der Waals surface area contributed by atoms with Crippen molar-refractivity contribution < 1.29 is 9.53 Å². The summed E-state index contributed by atoms with van der Waals surface area (Å²) in [6.45, 7) is 11.3.